The van der Waals surface area contributed by atoms with Gasteiger partial charge in [-0.3, -0.25) is 4.98 Å². The number of benzene rings is 2. The van der Waals surface area contributed by atoms with E-state index in [2.05, 4.69) is 32.5 Å². The van der Waals surface area contributed by atoms with Crippen molar-refractivity contribution in [2.24, 2.45) is 0 Å². The Morgan fingerprint density at radius 2 is 1.64 bits per heavy atom. The largest absolute Gasteiger partial charge is 0.350 e. The molecule has 0 aliphatic carbocycles. The van der Waals surface area contributed by atoms with Crippen LogP contribution in [0.25, 0.3) is 11.5 Å². The lowest BCUT2D eigenvalue weighted by molar-refractivity contribution is 0.618. The maximum Gasteiger partial charge on any atom is 0.222 e. The van der Waals surface area contributed by atoms with Crippen LogP contribution in [0.4, 0.5) is 10.3 Å². The number of hydrogen-bond donors (Lipinski definition) is 1. The summed E-state index contributed by atoms with van der Waals surface area (Å²) < 4.78 is 15.0. The molecule has 0 spiro atoms. The highest BCUT2D eigenvalue weighted by Crippen LogP contribution is 2.17. The lowest BCUT2D eigenvalue weighted by atomic mass is 10.1. The Morgan fingerprint density at radius 3 is 2.39 bits per heavy atom. The zero-order chi connectivity index (χ0) is 19.2. The Balaban J connectivity index is 1.55. The van der Waals surface area contributed by atoms with Crippen molar-refractivity contribution in [1.82, 2.24) is 19.7 Å². The van der Waals surface area contributed by atoms with Crippen LogP contribution in [-0.2, 0) is 19.5 Å². The molecule has 5 nitrogen and oxygen atoms in total. The predicted molar refractivity (Wildman–Crippen MR) is 107 cm³/mol. The smallest absolute Gasteiger partial charge is 0.222 e. The number of anilines is 1. The first-order valence-corrected chi connectivity index (χ1v) is 9.16. The van der Waals surface area contributed by atoms with Crippen LogP contribution in [0.1, 0.15) is 11.1 Å². The van der Waals surface area contributed by atoms with Crippen molar-refractivity contribution in [3.8, 4) is 11.5 Å². The molecular formula is C22H20FN5. The molecule has 0 radical (unpaired) electrons. The Hall–Kier alpha value is -3.54. The van der Waals surface area contributed by atoms with Gasteiger partial charge in [-0.05, 0) is 41.8 Å². The fourth-order valence-corrected chi connectivity index (χ4v) is 2.90. The topological polar surface area (TPSA) is 55.6 Å². The van der Waals surface area contributed by atoms with Gasteiger partial charge in [-0.15, -0.1) is 5.10 Å². The van der Waals surface area contributed by atoms with E-state index in [1.165, 1.54) is 17.7 Å². The summed E-state index contributed by atoms with van der Waals surface area (Å²) in [6.07, 6.45) is 2.57. The summed E-state index contributed by atoms with van der Waals surface area (Å²) in [7, 11) is 0. The zero-order valence-electron chi connectivity index (χ0n) is 15.3. The van der Waals surface area contributed by atoms with Gasteiger partial charge in [0.1, 0.15) is 11.5 Å². The first-order valence-electron chi connectivity index (χ1n) is 9.16. The van der Waals surface area contributed by atoms with Crippen molar-refractivity contribution in [2.45, 2.75) is 19.5 Å². The van der Waals surface area contributed by atoms with Gasteiger partial charge in [0, 0.05) is 19.3 Å². The molecule has 4 rings (SSSR count). The third-order valence-corrected chi connectivity index (χ3v) is 4.38. The van der Waals surface area contributed by atoms with Crippen LogP contribution in [0, 0.1) is 5.82 Å². The molecule has 0 aliphatic rings. The summed E-state index contributed by atoms with van der Waals surface area (Å²) in [6, 6.07) is 22.4. The van der Waals surface area contributed by atoms with E-state index in [0.29, 0.717) is 24.9 Å². The van der Waals surface area contributed by atoms with Gasteiger partial charge in [0.25, 0.3) is 0 Å². The number of hydrogen-bond acceptors (Lipinski definition) is 4. The molecule has 2 aromatic heterocycles. The molecule has 0 bridgehead atoms. The Kier molecular flexibility index (Phi) is 5.38. The summed E-state index contributed by atoms with van der Waals surface area (Å²) >= 11 is 0. The molecule has 1 N–H and O–H groups in total. The van der Waals surface area contributed by atoms with E-state index in [1.807, 2.05) is 41.1 Å². The minimum absolute atomic E-state index is 0.243. The molecule has 4 aromatic rings. The molecule has 0 unspecified atom stereocenters. The van der Waals surface area contributed by atoms with Gasteiger partial charge in [-0.25, -0.2) is 9.07 Å². The van der Waals surface area contributed by atoms with Crippen molar-refractivity contribution < 1.29 is 4.39 Å². The molecule has 6 heteroatoms. The second kappa shape index (κ2) is 8.43. The first kappa shape index (κ1) is 17.9. The Bertz CT molecular complexity index is 1010. The second-order valence-corrected chi connectivity index (χ2v) is 6.41. The maximum absolute atomic E-state index is 13.1. The van der Waals surface area contributed by atoms with Crippen LogP contribution in [0.15, 0.2) is 79.0 Å². The average Bonchev–Trinajstić information content (AvgIpc) is 3.16. The predicted octanol–water partition coefficient (Wildman–Crippen LogP) is 4.33. The van der Waals surface area contributed by atoms with E-state index in [-0.39, 0.29) is 5.82 Å². The minimum Gasteiger partial charge on any atom is -0.350 e. The molecule has 0 amide bonds. The summed E-state index contributed by atoms with van der Waals surface area (Å²) in [5, 5.41) is 7.96. The lowest BCUT2D eigenvalue weighted by Gasteiger charge is -2.08. The van der Waals surface area contributed by atoms with Crippen molar-refractivity contribution in [1.29, 1.82) is 0 Å². The molecule has 2 aromatic carbocycles. The number of pyridine rings is 1. The van der Waals surface area contributed by atoms with Gasteiger partial charge in [0.2, 0.25) is 11.8 Å². The van der Waals surface area contributed by atoms with Crippen LogP contribution in [0.3, 0.4) is 0 Å². The van der Waals surface area contributed by atoms with E-state index < -0.39 is 0 Å². The van der Waals surface area contributed by atoms with Crippen molar-refractivity contribution in [3.63, 3.8) is 0 Å². The van der Waals surface area contributed by atoms with Crippen LogP contribution in [0.5, 0.6) is 0 Å². The Morgan fingerprint density at radius 1 is 0.857 bits per heavy atom. The van der Waals surface area contributed by atoms with Crippen LogP contribution in [0.2, 0.25) is 0 Å². The normalized spacial score (nSPS) is 10.8. The molecule has 0 saturated heterocycles. The van der Waals surface area contributed by atoms with Crippen LogP contribution >= 0.6 is 0 Å². The fourth-order valence-electron chi connectivity index (χ4n) is 2.90. The number of nitrogens with zero attached hydrogens (tertiary/aromatic N) is 4. The van der Waals surface area contributed by atoms with Gasteiger partial charge in [-0.1, -0.05) is 48.5 Å². The van der Waals surface area contributed by atoms with Gasteiger partial charge < -0.3 is 5.32 Å². The molecule has 0 aliphatic heterocycles. The van der Waals surface area contributed by atoms with E-state index in [1.54, 1.807) is 18.3 Å². The number of halogens is 1. The monoisotopic (exact) mass is 373 g/mol. The van der Waals surface area contributed by atoms with Gasteiger partial charge in [-0.2, -0.15) is 4.98 Å². The van der Waals surface area contributed by atoms with Crippen LogP contribution < -0.4 is 5.32 Å². The van der Waals surface area contributed by atoms with E-state index in [4.69, 9.17) is 0 Å². The maximum atomic E-state index is 13.1. The number of rotatable bonds is 7. The van der Waals surface area contributed by atoms with Gasteiger partial charge >= 0.3 is 0 Å². The highest BCUT2D eigenvalue weighted by atomic mass is 19.1. The first-order chi connectivity index (χ1) is 13.8. The third-order valence-electron chi connectivity index (χ3n) is 4.38. The second-order valence-electron chi connectivity index (χ2n) is 6.41. The van der Waals surface area contributed by atoms with Gasteiger partial charge in [0.05, 0.1) is 0 Å². The Labute approximate surface area is 162 Å². The lowest BCUT2D eigenvalue weighted by Crippen LogP contribution is -2.10. The standard InChI is InChI=1S/C22H20FN5/c23-19-11-9-18(10-12-19)16-25-22-26-21(20-8-4-5-14-24-20)27-28(22)15-13-17-6-2-1-3-7-17/h1-12,14H,13,15-16H2,(H,25,26,27). The summed E-state index contributed by atoms with van der Waals surface area (Å²) in [5.41, 5.74) is 2.94. The molecule has 28 heavy (non-hydrogen) atoms. The SMILES string of the molecule is Fc1ccc(CNc2nc(-c3ccccn3)nn2CCc2ccccc2)cc1. The van der Waals surface area contributed by atoms with Crippen molar-refractivity contribution >= 4 is 5.95 Å². The molecule has 140 valence electrons. The van der Waals surface area contributed by atoms with E-state index >= 15 is 0 Å². The highest BCUT2D eigenvalue weighted by molar-refractivity contribution is 5.50. The number of aryl methyl sites for hydroxylation is 2. The number of nitrogens with one attached hydrogen (secondary N) is 1. The summed E-state index contributed by atoms with van der Waals surface area (Å²) in [6.45, 7) is 1.22. The van der Waals surface area contributed by atoms with E-state index in [0.717, 1.165) is 17.7 Å². The quantitative estimate of drug-likeness (QED) is 0.524. The number of aromatic nitrogens is 4. The van der Waals surface area contributed by atoms with E-state index in [9.17, 15) is 4.39 Å². The van der Waals surface area contributed by atoms with Crippen LogP contribution in [-0.4, -0.2) is 19.7 Å². The van der Waals surface area contributed by atoms with Crippen molar-refractivity contribution in [2.75, 3.05) is 5.32 Å². The van der Waals surface area contributed by atoms with Gasteiger partial charge in [0.15, 0.2) is 0 Å². The average molecular weight is 373 g/mol. The molecule has 0 atom stereocenters. The molecule has 0 fully saturated rings. The zero-order valence-corrected chi connectivity index (χ0v) is 15.3. The fraction of sp³-hybridized carbons (Fsp3) is 0.136. The molecule has 2 heterocycles. The third kappa shape index (κ3) is 4.40. The molecular weight excluding hydrogens is 353 g/mol. The summed E-state index contributed by atoms with van der Waals surface area (Å²) in [4.78, 5) is 8.97. The summed E-state index contributed by atoms with van der Waals surface area (Å²) in [5.74, 6) is 1.00. The molecule has 0 saturated carbocycles. The van der Waals surface area contributed by atoms with Crippen molar-refractivity contribution in [3.05, 3.63) is 95.9 Å². The minimum atomic E-state index is -0.243. The highest BCUT2D eigenvalue weighted by Gasteiger charge is 2.12.